The molecule has 0 fully saturated rings. The first-order chi connectivity index (χ1) is 24.0. The van der Waals surface area contributed by atoms with Crippen LogP contribution in [0.15, 0.2) is 36.5 Å². The third kappa shape index (κ3) is 36.2. The van der Waals surface area contributed by atoms with E-state index in [1.807, 2.05) is 13.0 Å². The fourth-order valence-corrected chi connectivity index (χ4v) is 6.50. The number of amides is 1. The summed E-state index contributed by atoms with van der Waals surface area (Å²) in [4.78, 5) is 12.4. The largest absolute Gasteiger partial charge is 0.394 e. The fraction of sp³-hybridized carbons (Fsp3) is 0.841. The Morgan fingerprint density at radius 3 is 1.31 bits per heavy atom. The van der Waals surface area contributed by atoms with Gasteiger partial charge in [0, 0.05) is 0 Å². The average molecular weight is 690 g/mol. The first-order valence-corrected chi connectivity index (χ1v) is 21.2. The Balaban J connectivity index is 3.54. The molecule has 0 aromatic heterocycles. The van der Waals surface area contributed by atoms with Gasteiger partial charge in [-0.3, -0.25) is 4.79 Å². The van der Waals surface area contributed by atoms with E-state index in [9.17, 15) is 20.1 Å². The zero-order chi connectivity index (χ0) is 35.9. The summed E-state index contributed by atoms with van der Waals surface area (Å²) < 4.78 is 0. The molecule has 1 amide bonds. The lowest BCUT2D eigenvalue weighted by Gasteiger charge is -2.21. The van der Waals surface area contributed by atoms with Crippen LogP contribution in [-0.2, 0) is 4.79 Å². The zero-order valence-electron chi connectivity index (χ0n) is 32.6. The van der Waals surface area contributed by atoms with Gasteiger partial charge in [-0.1, -0.05) is 204 Å². The first-order valence-electron chi connectivity index (χ1n) is 21.2. The van der Waals surface area contributed by atoms with Crippen LogP contribution in [-0.4, -0.2) is 46.1 Å². The molecular weight excluding hydrogens is 606 g/mol. The van der Waals surface area contributed by atoms with Crippen LogP contribution in [0.1, 0.15) is 213 Å². The molecule has 49 heavy (non-hydrogen) atoms. The van der Waals surface area contributed by atoms with E-state index in [2.05, 4.69) is 36.5 Å². The van der Waals surface area contributed by atoms with Crippen molar-refractivity contribution in [3.63, 3.8) is 0 Å². The number of unbranched alkanes of at least 4 members (excludes halogenated alkanes) is 26. The number of nitrogens with one attached hydrogen (secondary N) is 1. The summed E-state index contributed by atoms with van der Waals surface area (Å²) in [6, 6.07) is -0.763. The van der Waals surface area contributed by atoms with Crippen molar-refractivity contribution in [2.45, 2.75) is 231 Å². The molecule has 3 unspecified atom stereocenters. The standard InChI is InChI=1S/C44H83NO4/c1-3-5-7-9-11-13-14-15-16-17-18-19-20-21-22-23-24-25-26-27-28-30-31-33-35-37-41(47)39-44(49)45-42(40-46)43(48)38-36-34-32-29-12-10-8-6-4-2/h4,6,12,29,36,38,41-43,46-48H,3,5,7-11,13-28,30-35,37,39-40H2,1-2H3,(H,45,49)/b6-4+,29-12+,38-36+. The van der Waals surface area contributed by atoms with Gasteiger partial charge in [0.05, 0.1) is 31.3 Å². The number of aliphatic hydroxyl groups excluding tert-OH is 3. The summed E-state index contributed by atoms with van der Waals surface area (Å²) >= 11 is 0. The van der Waals surface area contributed by atoms with Gasteiger partial charge in [0.15, 0.2) is 0 Å². The second kappa shape index (κ2) is 39.4. The highest BCUT2D eigenvalue weighted by Gasteiger charge is 2.20. The van der Waals surface area contributed by atoms with Crippen molar-refractivity contribution in [2.24, 2.45) is 0 Å². The lowest BCUT2D eigenvalue weighted by Crippen LogP contribution is -2.45. The number of hydrogen-bond acceptors (Lipinski definition) is 4. The fourth-order valence-electron chi connectivity index (χ4n) is 6.50. The van der Waals surface area contributed by atoms with Gasteiger partial charge in [0.1, 0.15) is 0 Å². The van der Waals surface area contributed by atoms with Crippen LogP contribution in [0.5, 0.6) is 0 Å². The van der Waals surface area contributed by atoms with E-state index in [4.69, 9.17) is 0 Å². The molecule has 0 heterocycles. The van der Waals surface area contributed by atoms with Gasteiger partial charge in [-0.25, -0.2) is 0 Å². The van der Waals surface area contributed by atoms with E-state index in [0.29, 0.717) is 6.42 Å². The lowest BCUT2D eigenvalue weighted by molar-refractivity contribution is -0.124. The van der Waals surface area contributed by atoms with Gasteiger partial charge in [-0.2, -0.15) is 0 Å². The van der Waals surface area contributed by atoms with Crippen LogP contribution >= 0.6 is 0 Å². The summed E-state index contributed by atoms with van der Waals surface area (Å²) in [7, 11) is 0. The highest BCUT2D eigenvalue weighted by atomic mass is 16.3. The van der Waals surface area contributed by atoms with Gasteiger partial charge < -0.3 is 20.6 Å². The van der Waals surface area contributed by atoms with Crippen LogP contribution < -0.4 is 5.32 Å². The number of carbonyl (C=O) groups is 1. The quantitative estimate of drug-likeness (QED) is 0.0384. The molecule has 288 valence electrons. The van der Waals surface area contributed by atoms with Crippen LogP contribution in [0, 0.1) is 0 Å². The molecule has 0 aliphatic rings. The van der Waals surface area contributed by atoms with E-state index in [0.717, 1.165) is 38.5 Å². The van der Waals surface area contributed by atoms with E-state index in [-0.39, 0.29) is 18.9 Å². The van der Waals surface area contributed by atoms with Crippen molar-refractivity contribution in [2.75, 3.05) is 6.61 Å². The Kier molecular flexibility index (Phi) is 38.2. The highest BCUT2D eigenvalue weighted by molar-refractivity contribution is 5.76. The molecule has 0 rings (SSSR count). The minimum Gasteiger partial charge on any atom is -0.394 e. The monoisotopic (exact) mass is 690 g/mol. The number of aliphatic hydroxyl groups is 3. The molecule has 3 atom stereocenters. The van der Waals surface area contributed by atoms with E-state index in [1.165, 1.54) is 148 Å². The first kappa shape index (κ1) is 47.6. The van der Waals surface area contributed by atoms with E-state index < -0.39 is 18.2 Å². The van der Waals surface area contributed by atoms with Crippen LogP contribution in [0.2, 0.25) is 0 Å². The van der Waals surface area contributed by atoms with Gasteiger partial charge in [-0.05, 0) is 39.0 Å². The number of allylic oxidation sites excluding steroid dienone is 5. The SMILES string of the molecule is C/C=C/CC/C=C/CC/C=C/C(O)C(CO)NC(=O)CC(O)CCCCCCCCCCCCCCCCCCCCCCCCCCC. The molecule has 0 saturated heterocycles. The predicted molar refractivity (Wildman–Crippen MR) is 213 cm³/mol. The Morgan fingerprint density at radius 1 is 0.551 bits per heavy atom. The summed E-state index contributed by atoms with van der Waals surface area (Å²) in [6.45, 7) is 3.97. The molecule has 0 aromatic carbocycles. The van der Waals surface area contributed by atoms with Gasteiger partial charge in [0.2, 0.25) is 5.91 Å². The Hall–Kier alpha value is -1.43. The smallest absolute Gasteiger partial charge is 0.222 e. The zero-order valence-corrected chi connectivity index (χ0v) is 32.6. The third-order valence-corrected chi connectivity index (χ3v) is 9.75. The molecule has 0 saturated carbocycles. The normalized spacial score (nSPS) is 14.0. The Labute approximate surface area is 304 Å². The maximum Gasteiger partial charge on any atom is 0.222 e. The lowest BCUT2D eigenvalue weighted by atomic mass is 10.0. The van der Waals surface area contributed by atoms with E-state index >= 15 is 0 Å². The van der Waals surface area contributed by atoms with Crippen molar-refractivity contribution >= 4 is 5.91 Å². The molecule has 0 spiro atoms. The maximum atomic E-state index is 12.4. The molecule has 0 bridgehead atoms. The van der Waals surface area contributed by atoms with Crippen molar-refractivity contribution < 1.29 is 20.1 Å². The van der Waals surface area contributed by atoms with Gasteiger partial charge in [0.25, 0.3) is 0 Å². The van der Waals surface area contributed by atoms with Crippen molar-refractivity contribution in [3.8, 4) is 0 Å². The molecule has 0 aliphatic carbocycles. The minimum atomic E-state index is -0.955. The van der Waals surface area contributed by atoms with Crippen molar-refractivity contribution in [3.05, 3.63) is 36.5 Å². The molecule has 0 radical (unpaired) electrons. The minimum absolute atomic E-state index is 0.00432. The molecule has 5 nitrogen and oxygen atoms in total. The predicted octanol–water partition coefficient (Wildman–Crippen LogP) is 12.0. The number of rotatable bonds is 38. The second-order valence-corrected chi connectivity index (χ2v) is 14.6. The number of hydrogen-bond donors (Lipinski definition) is 4. The molecular formula is C44H83NO4. The summed E-state index contributed by atoms with van der Waals surface area (Å²) in [5, 5.41) is 33.0. The average Bonchev–Trinajstić information content (AvgIpc) is 3.09. The maximum absolute atomic E-state index is 12.4. The summed E-state index contributed by atoms with van der Waals surface area (Å²) in [6.07, 6.45) is 49.0. The summed E-state index contributed by atoms with van der Waals surface area (Å²) in [5.41, 5.74) is 0. The Morgan fingerprint density at radius 2 is 0.918 bits per heavy atom. The topological polar surface area (TPSA) is 89.8 Å². The van der Waals surface area contributed by atoms with E-state index in [1.54, 1.807) is 6.08 Å². The van der Waals surface area contributed by atoms with Crippen molar-refractivity contribution in [1.29, 1.82) is 0 Å². The summed E-state index contributed by atoms with van der Waals surface area (Å²) in [5.74, 6) is -0.331. The van der Waals surface area contributed by atoms with Crippen LogP contribution in [0.3, 0.4) is 0 Å². The molecule has 0 aliphatic heterocycles. The molecule has 4 N–H and O–H groups in total. The molecule has 5 heteroatoms. The Bertz CT molecular complexity index is 764. The highest BCUT2D eigenvalue weighted by Crippen LogP contribution is 2.16. The second-order valence-electron chi connectivity index (χ2n) is 14.6. The third-order valence-electron chi connectivity index (χ3n) is 9.75. The van der Waals surface area contributed by atoms with Gasteiger partial charge >= 0.3 is 0 Å². The van der Waals surface area contributed by atoms with Crippen LogP contribution in [0.4, 0.5) is 0 Å². The molecule has 0 aromatic rings. The van der Waals surface area contributed by atoms with Gasteiger partial charge in [-0.15, -0.1) is 0 Å². The van der Waals surface area contributed by atoms with Crippen LogP contribution in [0.25, 0.3) is 0 Å². The number of carbonyl (C=O) groups excluding carboxylic acids is 1. The van der Waals surface area contributed by atoms with Crippen molar-refractivity contribution in [1.82, 2.24) is 5.32 Å².